The zero-order chi connectivity index (χ0) is 14.7. The number of ether oxygens (including phenoxy) is 1. The Morgan fingerprint density at radius 2 is 1.90 bits per heavy atom. The number of nitrogens with zero attached hydrogens (tertiary/aromatic N) is 1. The molecule has 2 rings (SSSR count). The quantitative estimate of drug-likeness (QED) is 0.836. The Balaban J connectivity index is 1.86. The van der Waals surface area contributed by atoms with Crippen molar-refractivity contribution in [1.82, 2.24) is 10.2 Å². The third-order valence-corrected chi connectivity index (χ3v) is 3.33. The summed E-state index contributed by atoms with van der Waals surface area (Å²) >= 11 is 0. The number of nitrogens with one attached hydrogen (secondary N) is 1. The summed E-state index contributed by atoms with van der Waals surface area (Å²) in [5, 5.41) is 2.69. The fourth-order valence-electron chi connectivity index (χ4n) is 2.09. The van der Waals surface area contributed by atoms with Crippen molar-refractivity contribution in [2.24, 2.45) is 5.92 Å². The van der Waals surface area contributed by atoms with Gasteiger partial charge in [-0.15, -0.1) is 0 Å². The molecule has 0 unspecified atom stereocenters. The highest BCUT2D eigenvalue weighted by atomic mass is 16.5. The molecule has 1 aromatic carbocycles. The minimum atomic E-state index is -0.415. The van der Waals surface area contributed by atoms with Gasteiger partial charge in [0.15, 0.2) is 0 Å². The number of rotatable bonds is 5. The van der Waals surface area contributed by atoms with Crippen molar-refractivity contribution in [2.45, 2.75) is 26.8 Å². The second-order valence-electron chi connectivity index (χ2n) is 5.32. The molecule has 0 spiro atoms. The summed E-state index contributed by atoms with van der Waals surface area (Å²) < 4.78 is 5.54. The molecule has 0 radical (unpaired) electrons. The predicted molar refractivity (Wildman–Crippen MR) is 75.5 cm³/mol. The Morgan fingerprint density at radius 1 is 1.25 bits per heavy atom. The average Bonchev–Trinajstić information content (AvgIpc) is 2.69. The van der Waals surface area contributed by atoms with E-state index >= 15 is 0 Å². The average molecular weight is 276 g/mol. The topological polar surface area (TPSA) is 58.6 Å². The molecule has 1 atom stereocenters. The van der Waals surface area contributed by atoms with Gasteiger partial charge in [0, 0.05) is 0 Å². The molecule has 1 aliphatic heterocycles. The van der Waals surface area contributed by atoms with E-state index in [9.17, 15) is 9.59 Å². The van der Waals surface area contributed by atoms with Crippen LogP contribution in [0.15, 0.2) is 24.3 Å². The highest BCUT2D eigenvalue weighted by Crippen LogP contribution is 2.14. The van der Waals surface area contributed by atoms with Crippen LogP contribution in [0.1, 0.15) is 19.4 Å². The van der Waals surface area contributed by atoms with Gasteiger partial charge in [0.1, 0.15) is 18.4 Å². The van der Waals surface area contributed by atoms with Gasteiger partial charge in [-0.3, -0.25) is 9.69 Å². The third-order valence-electron chi connectivity index (χ3n) is 3.33. The first-order valence-electron chi connectivity index (χ1n) is 6.80. The van der Waals surface area contributed by atoms with Crippen LogP contribution < -0.4 is 10.1 Å². The number of benzene rings is 1. The molecule has 20 heavy (non-hydrogen) atoms. The number of hydrogen-bond acceptors (Lipinski definition) is 3. The van der Waals surface area contributed by atoms with E-state index in [2.05, 4.69) is 5.32 Å². The Morgan fingerprint density at radius 3 is 2.45 bits per heavy atom. The molecule has 0 saturated carbocycles. The number of imide groups is 1. The SMILES string of the molecule is Cc1ccc(OCCN2C(=O)N[C@@H](C(C)C)C2=O)cc1. The lowest BCUT2D eigenvalue weighted by atomic mass is 10.1. The highest BCUT2D eigenvalue weighted by molar-refractivity contribution is 6.04. The van der Waals surface area contributed by atoms with Gasteiger partial charge in [-0.05, 0) is 25.0 Å². The van der Waals surface area contributed by atoms with Crippen molar-refractivity contribution >= 4 is 11.9 Å². The van der Waals surface area contributed by atoms with Crippen molar-refractivity contribution in [2.75, 3.05) is 13.2 Å². The fourth-order valence-corrected chi connectivity index (χ4v) is 2.09. The van der Waals surface area contributed by atoms with Crippen LogP contribution in [0.25, 0.3) is 0 Å². The molecular formula is C15H20N2O3. The minimum Gasteiger partial charge on any atom is -0.492 e. The molecule has 0 aromatic heterocycles. The molecule has 5 heteroatoms. The summed E-state index contributed by atoms with van der Waals surface area (Å²) in [5.74, 6) is 0.662. The smallest absolute Gasteiger partial charge is 0.324 e. The minimum absolute atomic E-state index is 0.0921. The van der Waals surface area contributed by atoms with E-state index in [1.807, 2.05) is 45.0 Å². The van der Waals surface area contributed by atoms with Crippen LogP contribution in [0.4, 0.5) is 4.79 Å². The zero-order valence-corrected chi connectivity index (χ0v) is 12.1. The maximum atomic E-state index is 12.0. The number of urea groups is 1. The Labute approximate surface area is 118 Å². The van der Waals surface area contributed by atoms with Crippen LogP contribution >= 0.6 is 0 Å². The van der Waals surface area contributed by atoms with E-state index in [1.54, 1.807) is 0 Å². The zero-order valence-electron chi connectivity index (χ0n) is 12.1. The largest absolute Gasteiger partial charge is 0.492 e. The van der Waals surface area contributed by atoms with Gasteiger partial charge < -0.3 is 10.1 Å². The van der Waals surface area contributed by atoms with Gasteiger partial charge in [-0.1, -0.05) is 31.5 Å². The predicted octanol–water partition coefficient (Wildman–Crippen LogP) is 1.95. The summed E-state index contributed by atoms with van der Waals surface area (Å²) in [5.41, 5.74) is 1.16. The lowest BCUT2D eigenvalue weighted by molar-refractivity contribution is -0.128. The van der Waals surface area contributed by atoms with Crippen molar-refractivity contribution in [3.05, 3.63) is 29.8 Å². The van der Waals surface area contributed by atoms with Crippen molar-refractivity contribution in [3.8, 4) is 5.75 Å². The lowest BCUT2D eigenvalue weighted by Gasteiger charge is -2.15. The Bertz CT molecular complexity index is 496. The number of aryl methyl sites for hydroxylation is 1. The summed E-state index contributed by atoms with van der Waals surface area (Å²) in [6, 6.07) is 6.91. The van der Waals surface area contributed by atoms with E-state index < -0.39 is 6.04 Å². The van der Waals surface area contributed by atoms with E-state index in [1.165, 1.54) is 4.90 Å². The van der Waals surface area contributed by atoms with Crippen molar-refractivity contribution < 1.29 is 14.3 Å². The molecule has 1 aliphatic rings. The molecule has 5 nitrogen and oxygen atoms in total. The van der Waals surface area contributed by atoms with Crippen molar-refractivity contribution in [1.29, 1.82) is 0 Å². The maximum Gasteiger partial charge on any atom is 0.324 e. The standard InChI is InChI=1S/C15H20N2O3/c1-10(2)13-14(18)17(15(19)16-13)8-9-20-12-6-4-11(3)5-7-12/h4-7,10,13H,8-9H2,1-3H3,(H,16,19)/t13-/m0/s1. The monoisotopic (exact) mass is 276 g/mol. The van der Waals surface area contributed by atoms with Gasteiger partial charge in [-0.2, -0.15) is 0 Å². The normalized spacial score (nSPS) is 18.6. The Hall–Kier alpha value is -2.04. The summed E-state index contributed by atoms with van der Waals surface area (Å²) in [6.07, 6.45) is 0. The van der Waals surface area contributed by atoms with Crippen LogP contribution in [0.2, 0.25) is 0 Å². The summed E-state index contributed by atoms with van der Waals surface area (Å²) in [4.78, 5) is 25.0. The van der Waals surface area contributed by atoms with Crippen molar-refractivity contribution in [3.63, 3.8) is 0 Å². The maximum absolute atomic E-state index is 12.0. The van der Waals surface area contributed by atoms with Gasteiger partial charge in [0.25, 0.3) is 5.91 Å². The second-order valence-corrected chi connectivity index (χ2v) is 5.32. The number of amides is 3. The van der Waals surface area contributed by atoms with Gasteiger partial charge in [-0.25, -0.2) is 4.79 Å². The molecule has 1 fully saturated rings. The van der Waals surface area contributed by atoms with Gasteiger partial charge in [0.05, 0.1) is 6.54 Å². The summed E-state index contributed by atoms with van der Waals surface area (Å²) in [6.45, 7) is 6.39. The van der Waals surface area contributed by atoms with Crippen LogP contribution in [0.3, 0.4) is 0 Å². The van der Waals surface area contributed by atoms with Crippen LogP contribution in [-0.2, 0) is 4.79 Å². The molecule has 1 saturated heterocycles. The van der Waals surface area contributed by atoms with Gasteiger partial charge >= 0.3 is 6.03 Å². The molecular weight excluding hydrogens is 256 g/mol. The highest BCUT2D eigenvalue weighted by Gasteiger charge is 2.39. The first-order chi connectivity index (χ1) is 9.49. The molecule has 3 amide bonds. The number of hydrogen-bond donors (Lipinski definition) is 1. The molecule has 108 valence electrons. The molecule has 1 N–H and O–H groups in total. The Kier molecular flexibility index (Phi) is 4.27. The first-order valence-corrected chi connectivity index (χ1v) is 6.80. The molecule has 0 aliphatic carbocycles. The molecule has 1 heterocycles. The van der Waals surface area contributed by atoms with E-state index in [4.69, 9.17) is 4.74 Å². The molecule has 0 bridgehead atoms. The number of carbonyl (C=O) groups is 2. The lowest BCUT2D eigenvalue weighted by Crippen LogP contribution is -2.36. The van der Waals surface area contributed by atoms with Crippen LogP contribution in [0, 0.1) is 12.8 Å². The van der Waals surface area contributed by atoms with Gasteiger partial charge in [0.2, 0.25) is 0 Å². The van der Waals surface area contributed by atoms with E-state index in [-0.39, 0.29) is 24.4 Å². The van der Waals surface area contributed by atoms with E-state index in [0.29, 0.717) is 6.61 Å². The third kappa shape index (κ3) is 3.10. The molecule has 1 aromatic rings. The number of carbonyl (C=O) groups excluding carboxylic acids is 2. The first kappa shape index (κ1) is 14.4. The summed E-state index contributed by atoms with van der Waals surface area (Å²) in [7, 11) is 0. The fraction of sp³-hybridized carbons (Fsp3) is 0.467. The van der Waals surface area contributed by atoms with E-state index in [0.717, 1.165) is 11.3 Å². The van der Waals surface area contributed by atoms with Crippen LogP contribution in [-0.4, -0.2) is 36.0 Å². The van der Waals surface area contributed by atoms with Crippen LogP contribution in [0.5, 0.6) is 5.75 Å². The second kappa shape index (κ2) is 5.94.